The zero-order valence-corrected chi connectivity index (χ0v) is 14.7. The Hall–Kier alpha value is -3.16. The average molecular weight is 365 g/mol. The number of para-hydroxylation sites is 1. The van der Waals surface area contributed by atoms with Crippen molar-refractivity contribution in [1.29, 1.82) is 0 Å². The van der Waals surface area contributed by atoms with Gasteiger partial charge in [0.2, 0.25) is 0 Å². The Morgan fingerprint density at radius 3 is 2.92 bits per heavy atom. The Balaban J connectivity index is 1.65. The van der Waals surface area contributed by atoms with Crippen LogP contribution in [0.1, 0.15) is 15.9 Å². The second kappa shape index (κ2) is 6.62. The largest absolute Gasteiger partial charge is 0.544 e. The number of nitrogens with two attached hydrogens (primary N) is 1. The van der Waals surface area contributed by atoms with Crippen LogP contribution in [0.25, 0.3) is 10.9 Å². The van der Waals surface area contributed by atoms with Crippen LogP contribution in [0, 0.1) is 11.4 Å². The number of nitrogens with zero attached hydrogens (tertiary/aromatic N) is 2. The minimum Gasteiger partial charge on any atom is -0.444 e. The summed E-state index contributed by atoms with van der Waals surface area (Å²) in [5, 5.41) is 5.37. The van der Waals surface area contributed by atoms with Gasteiger partial charge in [0.15, 0.2) is 22.2 Å². The molecule has 6 nitrogen and oxygen atoms in total. The summed E-state index contributed by atoms with van der Waals surface area (Å²) in [6, 6.07) is 11.7. The molecule has 0 spiro atoms. The van der Waals surface area contributed by atoms with Crippen molar-refractivity contribution in [1.82, 2.24) is 4.98 Å². The Labute approximate surface area is 153 Å². The summed E-state index contributed by atoms with van der Waals surface area (Å²) < 4.78 is 6.17. The minimum atomic E-state index is -0.526. The number of methoxy groups -OCH3 is 1. The van der Waals surface area contributed by atoms with Crippen molar-refractivity contribution >= 4 is 39.5 Å². The van der Waals surface area contributed by atoms with E-state index in [4.69, 9.17) is 4.74 Å². The lowest BCUT2D eigenvalue weighted by Crippen LogP contribution is -2.86. The summed E-state index contributed by atoms with van der Waals surface area (Å²) in [5.74, 6) is -0.129. The first-order valence-corrected chi connectivity index (χ1v) is 8.79. The normalized spacial score (nSPS) is 13.4. The maximum absolute atomic E-state index is 13.1. The van der Waals surface area contributed by atoms with Gasteiger partial charge in [-0.25, -0.2) is 4.79 Å². The van der Waals surface area contributed by atoms with Gasteiger partial charge in [-0.3, -0.25) is 0 Å². The van der Waals surface area contributed by atoms with Gasteiger partial charge in [-0.15, -0.1) is 24.3 Å². The van der Waals surface area contributed by atoms with E-state index in [1.54, 1.807) is 24.7 Å². The lowest BCUT2D eigenvalue weighted by atomic mass is 10.0. The second-order valence-electron chi connectivity index (χ2n) is 5.67. The van der Waals surface area contributed by atoms with E-state index >= 15 is 0 Å². The van der Waals surface area contributed by atoms with Gasteiger partial charge >= 0.3 is 6.09 Å². The Bertz CT molecular complexity index is 1010. The molecule has 2 N–H and O–H groups in total. The van der Waals surface area contributed by atoms with Gasteiger partial charge in [-0.05, 0) is 23.2 Å². The number of rotatable bonds is 3. The maximum Gasteiger partial charge on any atom is 0.544 e. The van der Waals surface area contributed by atoms with Gasteiger partial charge in [-0.1, -0.05) is 12.3 Å². The first-order valence-electron chi connectivity index (χ1n) is 7.91. The zero-order valence-electron chi connectivity index (χ0n) is 13.9. The van der Waals surface area contributed by atoms with Crippen molar-refractivity contribution in [2.45, 2.75) is 0 Å². The fourth-order valence-corrected chi connectivity index (χ4v) is 3.76. The number of carbonyl (C=O) groups is 2. The number of Topliss-reactive ketones (excluding diaryl/α,β-unsaturated/α-hetero) is 1. The fraction of sp³-hybridized carbons (Fsp3) is 0.0526. The topological polar surface area (TPSA) is 76.8 Å². The smallest absolute Gasteiger partial charge is 0.444 e. The molecule has 26 heavy (non-hydrogen) atoms. The molecule has 0 unspecified atom stereocenters. The molecule has 0 bridgehead atoms. The highest BCUT2D eigenvalue weighted by atomic mass is 32.1. The molecule has 3 aromatic rings. The third kappa shape index (κ3) is 2.73. The van der Waals surface area contributed by atoms with Crippen LogP contribution in [-0.2, 0) is 16.1 Å². The third-order valence-corrected chi connectivity index (χ3v) is 5.11. The number of benzene rings is 1. The van der Waals surface area contributed by atoms with Crippen LogP contribution >= 0.6 is 0 Å². The van der Waals surface area contributed by atoms with Crippen molar-refractivity contribution in [2.24, 2.45) is 0 Å². The van der Waals surface area contributed by atoms with Gasteiger partial charge in [0.1, 0.15) is 12.0 Å². The van der Waals surface area contributed by atoms with E-state index in [1.807, 2.05) is 41.0 Å². The molecule has 0 aliphatic carbocycles. The number of fused-ring (bicyclic) bond motifs is 1. The maximum atomic E-state index is 13.1. The molecule has 0 radical (unpaired) electrons. The minimum absolute atomic E-state index is 0.129. The Kier molecular flexibility index (Phi) is 4.16. The van der Waals surface area contributed by atoms with Gasteiger partial charge < -0.3 is 19.8 Å². The number of carbonyl (C=O) groups excluding carboxylic acids is 2. The average Bonchev–Trinajstić information content (AvgIpc) is 3.33. The van der Waals surface area contributed by atoms with E-state index in [9.17, 15) is 9.59 Å². The van der Waals surface area contributed by atoms with Crippen LogP contribution in [0.15, 0.2) is 55.0 Å². The van der Waals surface area contributed by atoms with Crippen LogP contribution < -0.4 is 9.88 Å². The van der Waals surface area contributed by atoms with E-state index < -0.39 is 6.09 Å². The highest BCUT2D eigenvalue weighted by Gasteiger charge is 2.34. The van der Waals surface area contributed by atoms with E-state index in [0.29, 0.717) is 17.1 Å². The quantitative estimate of drug-likeness (QED) is 0.242. The highest BCUT2D eigenvalue weighted by Crippen LogP contribution is 2.20. The van der Waals surface area contributed by atoms with Crippen LogP contribution in [-0.4, -0.2) is 29.3 Å². The lowest BCUT2D eigenvalue weighted by molar-refractivity contribution is -0.580. The first kappa shape index (κ1) is 16.3. The van der Waals surface area contributed by atoms with Gasteiger partial charge in [-0.2, -0.15) is 4.57 Å². The molecular weight excluding hydrogens is 350 g/mol. The summed E-state index contributed by atoms with van der Waals surface area (Å²) in [6.45, 7) is 0. The number of ketones is 1. The van der Waals surface area contributed by atoms with Gasteiger partial charge in [0.25, 0.3) is 5.37 Å². The molecule has 0 atom stereocenters. The molecule has 0 saturated carbocycles. The molecule has 2 aromatic heterocycles. The summed E-state index contributed by atoms with van der Waals surface area (Å²) in [7, 11) is 1.32. The van der Waals surface area contributed by atoms with Crippen molar-refractivity contribution < 1.29 is 24.2 Å². The fourth-order valence-electron chi connectivity index (χ4n) is 2.88. The second-order valence-corrected chi connectivity index (χ2v) is 6.58. The van der Waals surface area contributed by atoms with Crippen LogP contribution in [0.3, 0.4) is 0 Å². The van der Waals surface area contributed by atoms with Gasteiger partial charge in [0.05, 0.1) is 13.2 Å². The van der Waals surface area contributed by atoms with Crippen molar-refractivity contribution in [3.8, 4) is 0 Å². The standard InChI is InChI=1S/C19H15N3O3S/c1-25-19(24)22-10-14(13-6-2-3-7-16(13)22)17(23)15-11-26-18(21-15)12-5-4-8-20-9-12/h2-11H,21H2,1H3. The number of quaternary nitrogens is 1. The van der Waals surface area contributed by atoms with Crippen molar-refractivity contribution in [3.63, 3.8) is 0 Å². The summed E-state index contributed by atoms with van der Waals surface area (Å²) in [6.07, 6.45) is 4.50. The van der Waals surface area contributed by atoms with E-state index in [-0.39, 0.29) is 5.78 Å². The summed E-state index contributed by atoms with van der Waals surface area (Å²) >= 11 is 1.49. The molecule has 7 heteroatoms. The Morgan fingerprint density at radius 1 is 1.27 bits per heavy atom. The predicted molar refractivity (Wildman–Crippen MR) is 97.0 cm³/mol. The van der Waals surface area contributed by atoms with Crippen molar-refractivity contribution in [3.05, 3.63) is 77.5 Å². The van der Waals surface area contributed by atoms with Crippen molar-refractivity contribution in [2.75, 3.05) is 7.11 Å². The van der Waals surface area contributed by atoms with Crippen LogP contribution in [0.2, 0.25) is 0 Å². The number of pyridine rings is 1. The first-order chi connectivity index (χ1) is 12.7. The SMILES string of the molecule is COC(=O)[n+]1cc(C(=O)[C-]2C=[S+][C-](c3cccnc3)[NH2+]2)c2cccc[c-]21. The third-order valence-electron chi connectivity index (χ3n) is 4.14. The van der Waals surface area contributed by atoms with E-state index in [2.05, 4.69) is 4.98 Å². The molecule has 4 rings (SSSR count). The zero-order chi connectivity index (χ0) is 18.1. The molecule has 0 amide bonds. The molecule has 1 aliphatic rings. The Morgan fingerprint density at radius 2 is 2.15 bits per heavy atom. The number of hydrogen-bond acceptors (Lipinski definition) is 4. The number of hydrogen-bond donors (Lipinski definition) is 1. The highest BCUT2D eigenvalue weighted by molar-refractivity contribution is 7.81. The van der Waals surface area contributed by atoms with Crippen LogP contribution in [0.5, 0.6) is 0 Å². The molecule has 3 heterocycles. The molecule has 1 aliphatic heterocycles. The molecule has 0 fully saturated rings. The summed E-state index contributed by atoms with van der Waals surface area (Å²) in [5.41, 5.74) is 2.08. The van der Waals surface area contributed by atoms with Gasteiger partial charge in [0, 0.05) is 5.56 Å². The molecule has 1 aromatic carbocycles. The monoisotopic (exact) mass is 365 g/mol. The predicted octanol–water partition coefficient (Wildman–Crippen LogP) is 0.570. The number of aromatic nitrogens is 2. The van der Waals surface area contributed by atoms with E-state index in [1.165, 1.54) is 23.0 Å². The molecule has 0 saturated heterocycles. The molecule has 130 valence electrons. The van der Waals surface area contributed by atoms with Crippen LogP contribution in [0.4, 0.5) is 4.79 Å². The number of ether oxygens (including phenoxy) is 1. The molecular formula is C19H15N3O3S. The lowest BCUT2D eigenvalue weighted by Gasteiger charge is -2.12. The summed E-state index contributed by atoms with van der Waals surface area (Å²) in [4.78, 5) is 29.2. The van der Waals surface area contributed by atoms with E-state index in [0.717, 1.165) is 16.3 Å².